The van der Waals surface area contributed by atoms with Gasteiger partial charge in [0, 0.05) is 12.1 Å². The highest BCUT2D eigenvalue weighted by Crippen LogP contribution is 2.35. The standard InChI is InChI=1S/C23H17ClF5N3O2/c1-11(23(27,28)29)34-19-10-13(18-6-5-12-7-8-30-21(12)31-18)17(26)9-14(19)22(33)32-20-15(24)3-2-4-16(20)25/h2-6,9-11H,7-8H2,1H3,(H,30,31)(H,32,33)/t11-/m0/s1. The Bertz CT molecular complexity index is 1250. The largest absolute Gasteiger partial charge is 0.480 e. The third kappa shape index (κ3) is 4.77. The van der Waals surface area contributed by atoms with E-state index in [2.05, 4.69) is 15.6 Å². The monoisotopic (exact) mass is 497 g/mol. The summed E-state index contributed by atoms with van der Waals surface area (Å²) in [6.07, 6.45) is -6.34. The van der Waals surface area contributed by atoms with Crippen LogP contribution in [0, 0.1) is 11.6 Å². The topological polar surface area (TPSA) is 63.2 Å². The van der Waals surface area contributed by atoms with Crippen molar-refractivity contribution in [3.63, 3.8) is 0 Å². The molecule has 2 N–H and O–H groups in total. The van der Waals surface area contributed by atoms with Gasteiger partial charge in [-0.1, -0.05) is 23.7 Å². The number of anilines is 2. The Morgan fingerprint density at radius 1 is 1.18 bits per heavy atom. The lowest BCUT2D eigenvalue weighted by Gasteiger charge is -2.21. The Morgan fingerprint density at radius 3 is 2.65 bits per heavy atom. The minimum atomic E-state index is -4.76. The predicted octanol–water partition coefficient (Wildman–Crippen LogP) is 6.23. The van der Waals surface area contributed by atoms with Crippen molar-refractivity contribution in [3.05, 3.63) is 70.2 Å². The van der Waals surface area contributed by atoms with Gasteiger partial charge in [-0.3, -0.25) is 4.79 Å². The first-order chi connectivity index (χ1) is 16.0. The summed E-state index contributed by atoms with van der Waals surface area (Å²) in [5, 5.41) is 5.06. The fourth-order valence-electron chi connectivity index (χ4n) is 3.39. The van der Waals surface area contributed by atoms with Crippen molar-refractivity contribution in [1.29, 1.82) is 0 Å². The number of rotatable bonds is 5. The van der Waals surface area contributed by atoms with Crippen LogP contribution in [-0.4, -0.2) is 29.7 Å². The molecule has 11 heteroatoms. The highest BCUT2D eigenvalue weighted by molar-refractivity contribution is 6.34. The smallest absolute Gasteiger partial charge is 0.425 e. The van der Waals surface area contributed by atoms with Gasteiger partial charge in [-0.15, -0.1) is 0 Å². The number of hydrogen-bond donors (Lipinski definition) is 2. The van der Waals surface area contributed by atoms with E-state index in [1.54, 1.807) is 6.07 Å². The van der Waals surface area contributed by atoms with Gasteiger partial charge in [-0.25, -0.2) is 13.8 Å². The zero-order chi connectivity index (χ0) is 24.6. The summed E-state index contributed by atoms with van der Waals surface area (Å²) in [4.78, 5) is 17.2. The molecule has 0 saturated heterocycles. The van der Waals surface area contributed by atoms with Crippen molar-refractivity contribution in [2.45, 2.75) is 25.6 Å². The van der Waals surface area contributed by atoms with Crippen LogP contribution in [0.2, 0.25) is 5.02 Å². The third-order valence-electron chi connectivity index (χ3n) is 5.22. The Balaban J connectivity index is 1.77. The maximum absolute atomic E-state index is 15.1. The first-order valence-electron chi connectivity index (χ1n) is 10.1. The number of halogens is 6. The molecule has 0 fully saturated rings. The number of ether oxygens (including phenoxy) is 1. The van der Waals surface area contributed by atoms with E-state index in [-0.39, 0.29) is 16.3 Å². The summed E-state index contributed by atoms with van der Waals surface area (Å²) >= 11 is 5.90. The number of pyridine rings is 1. The summed E-state index contributed by atoms with van der Waals surface area (Å²) < 4.78 is 73.8. The fourth-order valence-corrected chi connectivity index (χ4v) is 3.60. The van der Waals surface area contributed by atoms with Crippen LogP contribution in [0.15, 0.2) is 42.5 Å². The maximum Gasteiger partial charge on any atom is 0.425 e. The van der Waals surface area contributed by atoms with Crippen LogP contribution >= 0.6 is 11.6 Å². The van der Waals surface area contributed by atoms with E-state index in [0.717, 1.165) is 37.1 Å². The van der Waals surface area contributed by atoms with E-state index in [1.807, 2.05) is 0 Å². The predicted molar refractivity (Wildman–Crippen MR) is 117 cm³/mol. The fraction of sp³-hybridized carbons (Fsp3) is 0.217. The number of alkyl halides is 3. The van der Waals surface area contributed by atoms with E-state index >= 15 is 4.39 Å². The molecule has 0 radical (unpaired) electrons. The first kappa shape index (κ1) is 23.7. The van der Waals surface area contributed by atoms with Crippen LogP contribution in [0.1, 0.15) is 22.8 Å². The number of hydrogen-bond acceptors (Lipinski definition) is 4. The van der Waals surface area contributed by atoms with E-state index in [1.165, 1.54) is 18.2 Å². The molecule has 1 aromatic heterocycles. The number of nitrogens with zero attached hydrogens (tertiary/aromatic N) is 1. The highest BCUT2D eigenvalue weighted by atomic mass is 35.5. The normalized spacial score (nSPS) is 13.7. The summed E-state index contributed by atoms with van der Waals surface area (Å²) in [7, 11) is 0. The van der Waals surface area contributed by atoms with E-state index in [4.69, 9.17) is 16.3 Å². The molecular formula is C23H17ClF5N3O2. The van der Waals surface area contributed by atoms with Gasteiger partial charge in [-0.2, -0.15) is 13.2 Å². The minimum absolute atomic E-state index is 0.138. The lowest BCUT2D eigenvalue weighted by molar-refractivity contribution is -0.189. The van der Waals surface area contributed by atoms with Crippen LogP contribution in [0.4, 0.5) is 33.5 Å². The molecule has 0 bridgehead atoms. The van der Waals surface area contributed by atoms with Gasteiger partial charge in [0.15, 0.2) is 6.10 Å². The molecule has 34 heavy (non-hydrogen) atoms. The van der Waals surface area contributed by atoms with Crippen molar-refractivity contribution in [2.24, 2.45) is 0 Å². The molecule has 1 atom stereocenters. The number of carbonyl (C=O) groups excluding carboxylic acids is 1. The molecule has 0 saturated carbocycles. The second kappa shape index (κ2) is 9.09. The summed E-state index contributed by atoms with van der Waals surface area (Å²) in [6, 6.07) is 8.60. The quantitative estimate of drug-likeness (QED) is 0.410. The lowest BCUT2D eigenvalue weighted by atomic mass is 10.0. The van der Waals surface area contributed by atoms with Crippen LogP contribution < -0.4 is 15.4 Å². The third-order valence-corrected chi connectivity index (χ3v) is 5.54. The Labute approximate surface area is 195 Å². The minimum Gasteiger partial charge on any atom is -0.480 e. The Morgan fingerprint density at radius 2 is 1.94 bits per heavy atom. The molecule has 1 amide bonds. The zero-order valence-electron chi connectivity index (χ0n) is 17.6. The molecule has 3 aromatic rings. The molecule has 5 nitrogen and oxygen atoms in total. The summed E-state index contributed by atoms with van der Waals surface area (Å²) in [5.41, 5.74) is -0.0829. The van der Waals surface area contributed by atoms with Crippen LogP contribution in [0.5, 0.6) is 5.75 Å². The molecule has 0 aliphatic carbocycles. The van der Waals surface area contributed by atoms with Gasteiger partial charge in [0.1, 0.15) is 23.2 Å². The van der Waals surface area contributed by atoms with E-state index < -0.39 is 46.8 Å². The van der Waals surface area contributed by atoms with E-state index in [9.17, 15) is 22.4 Å². The van der Waals surface area contributed by atoms with Gasteiger partial charge < -0.3 is 15.4 Å². The van der Waals surface area contributed by atoms with Gasteiger partial charge in [0.25, 0.3) is 5.91 Å². The van der Waals surface area contributed by atoms with Crippen molar-refractivity contribution in [3.8, 4) is 17.0 Å². The molecular weight excluding hydrogens is 481 g/mol. The molecule has 0 spiro atoms. The second-order valence-electron chi connectivity index (χ2n) is 7.56. The SMILES string of the molecule is C[C@H](Oc1cc(-c2ccc3c(n2)NCC3)c(F)cc1C(=O)Nc1c(F)cccc1Cl)C(F)(F)F. The van der Waals surface area contributed by atoms with Crippen LogP contribution in [0.3, 0.4) is 0 Å². The molecule has 178 valence electrons. The number of fused-ring (bicyclic) bond motifs is 1. The summed E-state index contributed by atoms with van der Waals surface area (Å²) in [6.45, 7) is 1.40. The average molecular weight is 498 g/mol. The number of amides is 1. The molecule has 1 aliphatic rings. The number of carbonyl (C=O) groups is 1. The molecule has 0 unspecified atom stereocenters. The number of aromatic nitrogens is 1. The lowest BCUT2D eigenvalue weighted by Crippen LogP contribution is -2.32. The summed E-state index contributed by atoms with van der Waals surface area (Å²) in [5.74, 6) is -2.92. The number of para-hydroxylation sites is 1. The van der Waals surface area contributed by atoms with Crippen molar-refractivity contribution < 1.29 is 31.5 Å². The zero-order valence-corrected chi connectivity index (χ0v) is 18.3. The van der Waals surface area contributed by atoms with Gasteiger partial charge in [-0.05, 0) is 49.2 Å². The first-order valence-corrected chi connectivity index (χ1v) is 10.5. The van der Waals surface area contributed by atoms with Crippen molar-refractivity contribution >= 4 is 29.0 Å². The van der Waals surface area contributed by atoms with Gasteiger partial charge in [0.05, 0.1) is 22.0 Å². The Hall–Kier alpha value is -3.40. The number of benzene rings is 2. The van der Waals surface area contributed by atoms with Crippen molar-refractivity contribution in [1.82, 2.24) is 4.98 Å². The van der Waals surface area contributed by atoms with Gasteiger partial charge >= 0.3 is 6.18 Å². The number of nitrogens with one attached hydrogen (secondary N) is 2. The van der Waals surface area contributed by atoms with Gasteiger partial charge in [0.2, 0.25) is 0 Å². The highest BCUT2D eigenvalue weighted by Gasteiger charge is 2.39. The van der Waals surface area contributed by atoms with Crippen LogP contribution in [0.25, 0.3) is 11.3 Å². The van der Waals surface area contributed by atoms with Crippen molar-refractivity contribution in [2.75, 3.05) is 17.2 Å². The molecule has 4 rings (SSSR count). The van der Waals surface area contributed by atoms with E-state index in [0.29, 0.717) is 12.4 Å². The molecule has 2 aromatic carbocycles. The maximum atomic E-state index is 15.1. The second-order valence-corrected chi connectivity index (χ2v) is 7.97. The average Bonchev–Trinajstić information content (AvgIpc) is 3.24. The van der Waals surface area contributed by atoms with Crippen LogP contribution in [-0.2, 0) is 6.42 Å². The Kier molecular flexibility index (Phi) is 6.35. The molecule has 1 aliphatic heterocycles. The molecule has 2 heterocycles.